The largest absolute Gasteiger partial charge is 2.00 e. The minimum atomic E-state index is 0. The molecule has 0 fully saturated rings. The Kier molecular flexibility index (Phi) is 99.8. The van der Waals surface area contributed by atoms with Crippen LogP contribution in [0.4, 0.5) is 0 Å². The first-order valence-corrected chi connectivity index (χ1v) is 0. The molecule has 0 saturated heterocycles. The Morgan fingerprint density at radius 1 is 0.750 bits per heavy atom. The van der Waals surface area contributed by atoms with Crippen LogP contribution in [0.3, 0.4) is 0 Å². The van der Waals surface area contributed by atoms with Gasteiger partial charge in [0.15, 0.2) is 0 Å². The van der Waals surface area contributed by atoms with Gasteiger partial charge in [0, 0.05) is 0 Å². The number of hydrogen-bond donors (Lipinski definition) is 0. The van der Waals surface area contributed by atoms with Gasteiger partial charge in [-0.15, -0.1) is 0 Å². The van der Waals surface area contributed by atoms with Crippen molar-refractivity contribution in [2.75, 3.05) is 0 Å². The smallest absolute Gasteiger partial charge is 1.00 e. The molecule has 4 heteroatoms. The molecular weight excluding hydrogens is 136 g/mol. The van der Waals surface area contributed by atoms with Crippen molar-refractivity contribution in [3.8, 4) is 0 Å². The van der Waals surface area contributed by atoms with Crippen LogP contribution in [0.1, 0.15) is 8.56 Å². The van der Waals surface area contributed by atoms with Gasteiger partial charge in [-0.2, -0.15) is 0 Å². The maximum Gasteiger partial charge on any atom is 2.00 e. The second-order valence-corrected chi connectivity index (χ2v) is 0. The summed E-state index contributed by atoms with van der Waals surface area (Å²) in [5.41, 5.74) is 0. The van der Waals surface area contributed by atoms with E-state index in [1.807, 2.05) is 0 Å². The van der Waals surface area contributed by atoms with Crippen LogP contribution in [0.15, 0.2) is 0 Å². The van der Waals surface area contributed by atoms with E-state index in [9.17, 15) is 0 Å². The molecule has 0 bridgehead atoms. The van der Waals surface area contributed by atoms with Crippen molar-refractivity contribution in [1.29, 1.82) is 0 Å². The number of hydrogen-bond acceptors (Lipinski definition) is 0. The average Bonchev–Trinajstić information content (AvgIpc) is 0. The SMILES string of the molecule is O.[Ca+2].[Ca+2].[Ca+2].[H-].[H-].[H-].[H-].[H-].[H-]. The summed E-state index contributed by atoms with van der Waals surface area (Å²) in [6.45, 7) is 0. The molecule has 0 radical (unpaired) electrons. The van der Waals surface area contributed by atoms with Gasteiger partial charge in [0.05, 0.1) is 0 Å². The number of rotatable bonds is 0. The molecule has 0 atom stereocenters. The molecule has 0 amide bonds. The van der Waals surface area contributed by atoms with E-state index >= 15 is 0 Å². The zero-order valence-electron chi connectivity index (χ0n) is 8.62. The Labute approximate surface area is 124 Å². The summed E-state index contributed by atoms with van der Waals surface area (Å²) in [6.07, 6.45) is 0. The van der Waals surface area contributed by atoms with Crippen LogP contribution < -0.4 is 0 Å². The van der Waals surface area contributed by atoms with Gasteiger partial charge in [-0.25, -0.2) is 0 Å². The van der Waals surface area contributed by atoms with E-state index < -0.39 is 0 Å². The standard InChI is InChI=1S/3Ca.H2O.6H/h;;;1H2;;;;;;/q3*+2;;6*-1. The van der Waals surface area contributed by atoms with Crippen molar-refractivity contribution in [1.82, 2.24) is 0 Å². The van der Waals surface area contributed by atoms with Gasteiger partial charge in [0.2, 0.25) is 0 Å². The maximum atomic E-state index is 0. The summed E-state index contributed by atoms with van der Waals surface area (Å²) in [7, 11) is 0. The summed E-state index contributed by atoms with van der Waals surface area (Å²) in [5, 5.41) is 0. The monoisotopic (exact) mass is 144 g/mol. The Hall–Kier alpha value is 3.74. The second kappa shape index (κ2) is 15.9. The molecule has 0 aliphatic rings. The van der Waals surface area contributed by atoms with E-state index in [0.29, 0.717) is 0 Å². The molecule has 4 heavy (non-hydrogen) atoms. The Balaban J connectivity index is 0. The van der Waals surface area contributed by atoms with Crippen LogP contribution in [0, 0.1) is 0 Å². The molecule has 2 N–H and O–H groups in total. The first kappa shape index (κ1) is 25.1. The Morgan fingerprint density at radius 3 is 0.750 bits per heavy atom. The third-order valence-corrected chi connectivity index (χ3v) is 0. The maximum absolute atomic E-state index is 0. The van der Waals surface area contributed by atoms with Gasteiger partial charge in [-0.05, 0) is 0 Å². The minimum Gasteiger partial charge on any atom is -1.00 e. The summed E-state index contributed by atoms with van der Waals surface area (Å²) in [5.74, 6) is 0. The van der Waals surface area contributed by atoms with Crippen molar-refractivity contribution < 1.29 is 14.0 Å². The fraction of sp³-hybridized carbons (Fsp3) is 0. The quantitative estimate of drug-likeness (QED) is 0.379. The van der Waals surface area contributed by atoms with Crippen LogP contribution >= 0.6 is 0 Å². The molecule has 0 aliphatic heterocycles. The van der Waals surface area contributed by atoms with Crippen molar-refractivity contribution in [3.05, 3.63) is 0 Å². The Bertz CT molecular complexity index is 13.0. The predicted octanol–water partition coefficient (Wildman–Crippen LogP) is -1.29. The van der Waals surface area contributed by atoms with Gasteiger partial charge in [-0.3, -0.25) is 0 Å². The summed E-state index contributed by atoms with van der Waals surface area (Å²) < 4.78 is 0. The van der Waals surface area contributed by atoms with Gasteiger partial charge in [0.1, 0.15) is 0 Å². The molecule has 0 spiro atoms. The molecule has 0 aliphatic carbocycles. The first-order valence-electron chi connectivity index (χ1n) is 0. The minimum absolute atomic E-state index is 0. The third-order valence-electron chi connectivity index (χ3n) is 0. The van der Waals surface area contributed by atoms with E-state index in [2.05, 4.69) is 0 Å². The summed E-state index contributed by atoms with van der Waals surface area (Å²) in [4.78, 5) is 0. The second-order valence-electron chi connectivity index (χ2n) is 0. The Morgan fingerprint density at radius 2 is 0.750 bits per heavy atom. The van der Waals surface area contributed by atoms with Crippen LogP contribution in [-0.2, 0) is 0 Å². The van der Waals surface area contributed by atoms with Gasteiger partial charge >= 0.3 is 113 Å². The van der Waals surface area contributed by atoms with Gasteiger partial charge < -0.3 is 14.0 Å². The zero-order chi connectivity index (χ0) is 0. The summed E-state index contributed by atoms with van der Waals surface area (Å²) in [6, 6.07) is 0. The van der Waals surface area contributed by atoms with Crippen molar-refractivity contribution >= 4 is 113 Å². The van der Waals surface area contributed by atoms with Crippen LogP contribution in [0.2, 0.25) is 0 Å². The molecule has 20 valence electrons. The fourth-order valence-corrected chi connectivity index (χ4v) is 0. The molecule has 0 aromatic heterocycles. The molecule has 0 unspecified atom stereocenters. The third kappa shape index (κ3) is 9.22. The van der Waals surface area contributed by atoms with Crippen LogP contribution in [-0.4, -0.2) is 119 Å². The summed E-state index contributed by atoms with van der Waals surface area (Å²) >= 11 is 0. The van der Waals surface area contributed by atoms with Crippen LogP contribution in [0.25, 0.3) is 0 Å². The van der Waals surface area contributed by atoms with E-state index in [1.165, 1.54) is 0 Å². The van der Waals surface area contributed by atoms with Crippen LogP contribution in [0.5, 0.6) is 0 Å². The molecular formula is H8Ca3O. The van der Waals surface area contributed by atoms with Gasteiger partial charge in [-0.1, -0.05) is 0 Å². The topological polar surface area (TPSA) is 31.5 Å². The molecule has 1 nitrogen and oxygen atoms in total. The van der Waals surface area contributed by atoms with E-state index in [0.717, 1.165) is 0 Å². The van der Waals surface area contributed by atoms with Gasteiger partial charge in [0.25, 0.3) is 0 Å². The molecule has 0 rings (SSSR count). The molecule has 0 aromatic rings. The molecule has 0 aromatic carbocycles. The van der Waals surface area contributed by atoms with E-state index in [1.54, 1.807) is 0 Å². The normalized spacial score (nSPS) is 0. The van der Waals surface area contributed by atoms with Crippen molar-refractivity contribution in [2.45, 2.75) is 0 Å². The first-order chi connectivity index (χ1) is 0. The predicted molar refractivity (Wildman–Crippen MR) is 27.5 cm³/mol. The van der Waals surface area contributed by atoms with Crippen molar-refractivity contribution in [3.63, 3.8) is 0 Å². The van der Waals surface area contributed by atoms with E-state index in [-0.39, 0.29) is 127 Å². The van der Waals surface area contributed by atoms with Crippen molar-refractivity contribution in [2.24, 2.45) is 0 Å². The van der Waals surface area contributed by atoms with E-state index in [4.69, 9.17) is 0 Å². The molecule has 0 saturated carbocycles. The molecule has 0 heterocycles. The zero-order valence-corrected chi connectivity index (χ0v) is 9.25. The average molecular weight is 144 g/mol. The fourth-order valence-electron chi connectivity index (χ4n) is 0.